The lowest BCUT2D eigenvalue weighted by atomic mass is 9.82. The summed E-state index contributed by atoms with van der Waals surface area (Å²) in [5.74, 6) is 0. The van der Waals surface area contributed by atoms with E-state index >= 15 is 0 Å². The first-order valence-electron chi connectivity index (χ1n) is 26.8. The van der Waals surface area contributed by atoms with E-state index < -0.39 is 0 Å². The van der Waals surface area contributed by atoms with Crippen LogP contribution in [-0.2, 0) is 5.41 Å². The molecule has 1 heterocycles. The maximum absolute atomic E-state index is 2.44. The first-order chi connectivity index (χ1) is 37.9. The van der Waals surface area contributed by atoms with E-state index in [1.807, 2.05) is 0 Å². The average Bonchev–Trinajstić information content (AvgIpc) is 4.03. The summed E-state index contributed by atoms with van der Waals surface area (Å²) in [6.07, 6.45) is 0. The van der Waals surface area contributed by atoms with Gasteiger partial charge in [-0.2, -0.15) is 0 Å². The SMILES string of the molecule is CC1(C)c2ccccc2-c2ccc(N(c3ccccc3)c3ccc(-c4ccc5c(c4)c4cc(-c6ccc(-c7ccccc7)cc6)ccc4n5-c4ccc(-c5ccc6c7ccccc7c7ccccc7c6c5)cc4)cc3)cc21. The summed E-state index contributed by atoms with van der Waals surface area (Å²) in [7, 11) is 0. The van der Waals surface area contributed by atoms with Gasteiger partial charge in [0.1, 0.15) is 0 Å². The lowest BCUT2D eigenvalue weighted by Crippen LogP contribution is -2.16. The number of nitrogens with zero attached hydrogens (tertiary/aromatic N) is 2. The summed E-state index contributed by atoms with van der Waals surface area (Å²) in [6.45, 7) is 4.71. The smallest absolute Gasteiger partial charge is 0.0541 e. The lowest BCUT2D eigenvalue weighted by molar-refractivity contribution is 0.660. The van der Waals surface area contributed by atoms with Crippen LogP contribution in [0.3, 0.4) is 0 Å². The van der Waals surface area contributed by atoms with Crippen LogP contribution < -0.4 is 4.90 Å². The Morgan fingerprint density at radius 2 is 0.649 bits per heavy atom. The summed E-state index contributed by atoms with van der Waals surface area (Å²) >= 11 is 0. The highest BCUT2D eigenvalue weighted by Gasteiger charge is 2.35. The first-order valence-corrected chi connectivity index (χ1v) is 26.8. The van der Waals surface area contributed by atoms with Gasteiger partial charge in [0, 0.05) is 38.9 Å². The van der Waals surface area contributed by atoms with Gasteiger partial charge in [-0.3, -0.25) is 0 Å². The van der Waals surface area contributed by atoms with Crippen LogP contribution >= 0.6 is 0 Å². The minimum Gasteiger partial charge on any atom is -0.310 e. The van der Waals surface area contributed by atoms with Gasteiger partial charge in [-0.15, -0.1) is 0 Å². The van der Waals surface area contributed by atoms with Crippen LogP contribution in [0.15, 0.2) is 279 Å². The zero-order valence-electron chi connectivity index (χ0n) is 43.0. The summed E-state index contributed by atoms with van der Waals surface area (Å²) in [5.41, 5.74) is 21.7. The minimum absolute atomic E-state index is 0.0998. The fourth-order valence-corrected chi connectivity index (χ4v) is 12.7. The van der Waals surface area contributed by atoms with Crippen molar-refractivity contribution in [2.24, 2.45) is 0 Å². The molecule has 362 valence electrons. The van der Waals surface area contributed by atoms with E-state index in [0.717, 1.165) is 22.7 Å². The molecule has 0 fully saturated rings. The molecule has 0 radical (unpaired) electrons. The van der Waals surface area contributed by atoms with Gasteiger partial charge >= 0.3 is 0 Å². The van der Waals surface area contributed by atoms with E-state index in [1.54, 1.807) is 0 Å². The highest BCUT2D eigenvalue weighted by molar-refractivity contribution is 6.25. The Bertz CT molecular complexity index is 4570. The van der Waals surface area contributed by atoms with Crippen molar-refractivity contribution in [3.63, 3.8) is 0 Å². The van der Waals surface area contributed by atoms with Crippen LogP contribution in [0, 0.1) is 0 Å². The lowest BCUT2D eigenvalue weighted by Gasteiger charge is -2.28. The molecule has 0 bridgehead atoms. The third-order valence-corrected chi connectivity index (χ3v) is 16.6. The standard InChI is InChI=1S/C75H52N2/c1-75(2)71-24-14-13-23-66(71)67-42-40-60(48-72(67)75)76(57-17-7-4-8-18-57)58-36-29-53(30-37-58)56-35-44-74-70(47-56)69-46-55(51-27-25-50(26-28-51)49-15-5-3-6-16-49)34-43-73(69)77(74)59-38-31-52(32-39-59)54-33-41-65-63-21-10-9-19-61(63)62-20-11-12-22-64(62)68(65)45-54/h3-48H,1-2H3. The second-order valence-electron chi connectivity index (χ2n) is 21.3. The van der Waals surface area contributed by atoms with Crippen LogP contribution in [0.5, 0.6) is 0 Å². The van der Waals surface area contributed by atoms with Gasteiger partial charge in [0.15, 0.2) is 0 Å². The van der Waals surface area contributed by atoms with E-state index in [-0.39, 0.29) is 5.41 Å². The minimum atomic E-state index is -0.0998. The maximum Gasteiger partial charge on any atom is 0.0541 e. The molecule has 14 aromatic rings. The van der Waals surface area contributed by atoms with Gasteiger partial charge in [-0.05, 0) is 178 Å². The van der Waals surface area contributed by atoms with Crippen LogP contribution in [-0.4, -0.2) is 4.57 Å². The van der Waals surface area contributed by atoms with Crippen molar-refractivity contribution in [3.8, 4) is 61.3 Å². The van der Waals surface area contributed by atoms with Crippen molar-refractivity contribution in [3.05, 3.63) is 290 Å². The molecule has 1 aliphatic rings. The Balaban J connectivity index is 0.825. The summed E-state index contributed by atoms with van der Waals surface area (Å²) < 4.78 is 2.44. The number of para-hydroxylation sites is 1. The highest BCUT2D eigenvalue weighted by atomic mass is 15.1. The molecule has 0 atom stereocenters. The number of anilines is 3. The summed E-state index contributed by atoms with van der Waals surface area (Å²) in [5, 5.41) is 10.2. The van der Waals surface area contributed by atoms with Crippen LogP contribution in [0.25, 0.3) is 115 Å². The Kier molecular flexibility index (Phi) is 10.3. The fraction of sp³-hybridized carbons (Fsp3) is 0.0400. The van der Waals surface area contributed by atoms with Crippen molar-refractivity contribution < 1.29 is 0 Å². The number of benzene rings is 13. The molecule has 13 aromatic carbocycles. The molecule has 0 saturated heterocycles. The van der Waals surface area contributed by atoms with Gasteiger partial charge in [0.05, 0.1) is 11.0 Å². The number of rotatable bonds is 8. The Labute approximate surface area is 449 Å². The number of aromatic nitrogens is 1. The van der Waals surface area contributed by atoms with Gasteiger partial charge in [-0.25, -0.2) is 0 Å². The van der Waals surface area contributed by atoms with Crippen molar-refractivity contribution in [1.82, 2.24) is 4.57 Å². The zero-order valence-corrected chi connectivity index (χ0v) is 43.0. The molecule has 0 amide bonds. The van der Waals surface area contributed by atoms with Gasteiger partial charge < -0.3 is 9.47 Å². The van der Waals surface area contributed by atoms with E-state index in [1.165, 1.54) is 121 Å². The summed E-state index contributed by atoms with van der Waals surface area (Å²) in [6, 6.07) is 103. The molecule has 77 heavy (non-hydrogen) atoms. The predicted molar refractivity (Wildman–Crippen MR) is 327 cm³/mol. The average molecular weight is 981 g/mol. The third kappa shape index (κ3) is 7.32. The maximum atomic E-state index is 2.44. The molecule has 15 rings (SSSR count). The van der Waals surface area contributed by atoms with Gasteiger partial charge in [0.2, 0.25) is 0 Å². The second-order valence-corrected chi connectivity index (χ2v) is 21.3. The number of hydrogen-bond donors (Lipinski definition) is 0. The molecule has 0 saturated carbocycles. The highest BCUT2D eigenvalue weighted by Crippen LogP contribution is 2.51. The Hall–Kier alpha value is -9.76. The number of hydrogen-bond acceptors (Lipinski definition) is 1. The Morgan fingerprint density at radius 1 is 0.260 bits per heavy atom. The van der Waals surface area contributed by atoms with Crippen molar-refractivity contribution in [1.29, 1.82) is 0 Å². The Morgan fingerprint density at radius 3 is 1.25 bits per heavy atom. The first kappa shape index (κ1) is 44.7. The van der Waals surface area contributed by atoms with E-state index in [9.17, 15) is 0 Å². The number of fused-ring (bicyclic) bond motifs is 12. The van der Waals surface area contributed by atoms with Crippen LogP contribution in [0.4, 0.5) is 17.1 Å². The molecular weight excluding hydrogens is 929 g/mol. The molecular formula is C75H52N2. The fourth-order valence-electron chi connectivity index (χ4n) is 12.7. The largest absolute Gasteiger partial charge is 0.310 e. The molecule has 0 N–H and O–H groups in total. The van der Waals surface area contributed by atoms with Crippen molar-refractivity contribution in [2.75, 3.05) is 4.90 Å². The molecule has 0 spiro atoms. The molecule has 1 aromatic heterocycles. The molecule has 1 aliphatic carbocycles. The van der Waals surface area contributed by atoms with Crippen molar-refractivity contribution >= 4 is 71.2 Å². The van der Waals surface area contributed by atoms with E-state index in [0.29, 0.717) is 0 Å². The topological polar surface area (TPSA) is 8.17 Å². The normalized spacial score (nSPS) is 12.6. The molecule has 2 nitrogen and oxygen atoms in total. The molecule has 0 aliphatic heterocycles. The summed E-state index contributed by atoms with van der Waals surface area (Å²) in [4.78, 5) is 2.39. The zero-order chi connectivity index (χ0) is 51.2. The van der Waals surface area contributed by atoms with Crippen LogP contribution in [0.1, 0.15) is 25.0 Å². The quantitative estimate of drug-likeness (QED) is 0.138. The third-order valence-electron chi connectivity index (χ3n) is 16.6. The molecule has 0 unspecified atom stereocenters. The van der Waals surface area contributed by atoms with Gasteiger partial charge in [0.25, 0.3) is 0 Å². The predicted octanol–water partition coefficient (Wildman–Crippen LogP) is 20.7. The van der Waals surface area contributed by atoms with Crippen molar-refractivity contribution in [2.45, 2.75) is 19.3 Å². The second kappa shape index (κ2) is 17.7. The van der Waals surface area contributed by atoms with E-state index in [2.05, 4.69) is 302 Å². The van der Waals surface area contributed by atoms with Gasteiger partial charge in [-0.1, -0.05) is 214 Å². The van der Waals surface area contributed by atoms with Crippen LogP contribution in [0.2, 0.25) is 0 Å². The molecule has 2 heteroatoms. The monoisotopic (exact) mass is 980 g/mol. The van der Waals surface area contributed by atoms with E-state index in [4.69, 9.17) is 0 Å².